The third-order valence-corrected chi connectivity index (χ3v) is 8.19. The summed E-state index contributed by atoms with van der Waals surface area (Å²) in [6.45, 7) is 4.47. The number of hydrogen-bond donors (Lipinski definition) is 1. The highest BCUT2D eigenvalue weighted by Gasteiger charge is 2.45. The van der Waals surface area contributed by atoms with Crippen LogP contribution in [0.2, 0.25) is 0 Å². The van der Waals surface area contributed by atoms with Crippen LogP contribution in [0.25, 0.3) is 0 Å². The van der Waals surface area contributed by atoms with Crippen molar-refractivity contribution in [3.63, 3.8) is 0 Å². The van der Waals surface area contributed by atoms with E-state index in [2.05, 4.69) is 31.4 Å². The molecule has 0 radical (unpaired) electrons. The van der Waals surface area contributed by atoms with Gasteiger partial charge < -0.3 is 5.11 Å². The molecule has 1 N–H and O–H groups in total. The van der Waals surface area contributed by atoms with Crippen molar-refractivity contribution in [3.8, 4) is 0 Å². The minimum atomic E-state index is -0.700. The van der Waals surface area contributed by atoms with Gasteiger partial charge in [-0.3, -0.25) is 4.79 Å². The van der Waals surface area contributed by atoms with Gasteiger partial charge in [-0.15, -0.1) is 34.9 Å². The minimum Gasteiger partial charge on any atom is -0.481 e. The van der Waals surface area contributed by atoms with E-state index in [0.717, 1.165) is 0 Å². The smallest absolute Gasteiger partial charge is 0.303 e. The number of hydrogen-bond acceptors (Lipinski definition) is 4. The van der Waals surface area contributed by atoms with Gasteiger partial charge in [0.15, 0.2) is 0 Å². The van der Waals surface area contributed by atoms with Crippen molar-refractivity contribution in [2.24, 2.45) is 0 Å². The largest absolute Gasteiger partial charge is 0.481 e. The van der Waals surface area contributed by atoms with Gasteiger partial charge in [0.05, 0.1) is 4.08 Å². The van der Waals surface area contributed by atoms with Crippen LogP contribution in [0.15, 0.2) is 17.5 Å². The Kier molecular flexibility index (Phi) is 4.10. The number of carboxylic acid groups (broad SMARTS) is 1. The number of carboxylic acids is 1. The highest BCUT2D eigenvalue weighted by Crippen LogP contribution is 2.61. The lowest BCUT2D eigenvalue weighted by atomic mass is 10.2. The molecule has 0 amide bonds. The molecule has 2 unspecified atom stereocenters. The lowest BCUT2D eigenvalue weighted by Gasteiger charge is -2.26. The highest BCUT2D eigenvalue weighted by molar-refractivity contribution is 8.21. The molecular formula is C12H16O2S3. The van der Waals surface area contributed by atoms with Crippen molar-refractivity contribution in [3.05, 3.63) is 22.4 Å². The van der Waals surface area contributed by atoms with E-state index in [1.54, 1.807) is 11.3 Å². The number of thiophene rings is 1. The lowest BCUT2D eigenvalue weighted by Crippen LogP contribution is -2.15. The second-order valence-corrected chi connectivity index (χ2v) is 8.83. The van der Waals surface area contributed by atoms with Crippen LogP contribution in [-0.4, -0.2) is 21.6 Å². The zero-order valence-corrected chi connectivity index (χ0v) is 12.3. The summed E-state index contributed by atoms with van der Waals surface area (Å²) in [6, 6.07) is 4.19. The molecule has 1 aromatic heterocycles. The first-order chi connectivity index (χ1) is 8.03. The van der Waals surface area contributed by atoms with E-state index in [4.69, 9.17) is 5.11 Å². The number of aliphatic carboxylic acids is 1. The summed E-state index contributed by atoms with van der Waals surface area (Å²) >= 11 is 5.60. The molecule has 1 aromatic rings. The van der Waals surface area contributed by atoms with E-state index in [-0.39, 0.29) is 10.5 Å². The Labute approximate surface area is 114 Å². The molecule has 17 heavy (non-hydrogen) atoms. The van der Waals surface area contributed by atoms with Gasteiger partial charge >= 0.3 is 5.97 Å². The summed E-state index contributed by atoms with van der Waals surface area (Å²) < 4.78 is -0.0363. The van der Waals surface area contributed by atoms with Gasteiger partial charge in [0.2, 0.25) is 0 Å². The Bertz CT molecular complexity index is 378. The molecule has 2 rings (SSSR count). The van der Waals surface area contributed by atoms with Gasteiger partial charge in [-0.25, -0.2) is 0 Å². The van der Waals surface area contributed by atoms with E-state index >= 15 is 0 Å². The Morgan fingerprint density at radius 3 is 2.53 bits per heavy atom. The fraction of sp³-hybridized carbons (Fsp3) is 0.583. The van der Waals surface area contributed by atoms with Crippen LogP contribution in [0.5, 0.6) is 0 Å². The van der Waals surface area contributed by atoms with Gasteiger partial charge in [0.25, 0.3) is 0 Å². The average molecular weight is 288 g/mol. The summed E-state index contributed by atoms with van der Waals surface area (Å²) in [7, 11) is 0. The predicted molar refractivity (Wildman–Crippen MR) is 77.0 cm³/mol. The fourth-order valence-electron chi connectivity index (χ4n) is 1.94. The first kappa shape index (κ1) is 13.3. The molecule has 0 aliphatic carbocycles. The molecule has 2 heterocycles. The topological polar surface area (TPSA) is 37.3 Å². The quantitative estimate of drug-likeness (QED) is 0.908. The number of rotatable bonds is 4. The van der Waals surface area contributed by atoms with Crippen molar-refractivity contribution in [1.29, 1.82) is 0 Å². The highest BCUT2D eigenvalue weighted by atomic mass is 32.2. The molecule has 5 heteroatoms. The third-order valence-electron chi connectivity index (χ3n) is 2.98. The minimum absolute atomic E-state index is 0.0363. The predicted octanol–water partition coefficient (Wildman–Crippen LogP) is 4.02. The van der Waals surface area contributed by atoms with Gasteiger partial charge in [-0.05, 0) is 17.9 Å². The molecule has 1 saturated heterocycles. The maximum atomic E-state index is 10.8. The fourth-order valence-corrected chi connectivity index (χ4v) is 7.12. The van der Waals surface area contributed by atoms with E-state index < -0.39 is 5.97 Å². The van der Waals surface area contributed by atoms with Crippen LogP contribution >= 0.6 is 34.9 Å². The van der Waals surface area contributed by atoms with Crippen molar-refractivity contribution in [1.82, 2.24) is 0 Å². The molecule has 0 saturated carbocycles. The summed E-state index contributed by atoms with van der Waals surface area (Å²) in [4.78, 5) is 12.1. The van der Waals surface area contributed by atoms with Crippen LogP contribution in [0.3, 0.4) is 0 Å². The Morgan fingerprint density at radius 1 is 1.41 bits per heavy atom. The zero-order valence-electron chi connectivity index (χ0n) is 9.88. The normalized spacial score (nSPS) is 32.8. The molecule has 1 fully saturated rings. The van der Waals surface area contributed by atoms with Gasteiger partial charge in [0.1, 0.15) is 0 Å². The SMILES string of the molecule is CC1SC(CCC(=O)O)(c2cccs2)SC1C. The Morgan fingerprint density at radius 2 is 2.06 bits per heavy atom. The van der Waals surface area contributed by atoms with Crippen molar-refractivity contribution >= 4 is 40.8 Å². The molecule has 1 aliphatic rings. The van der Waals surface area contributed by atoms with Crippen molar-refractivity contribution < 1.29 is 9.90 Å². The van der Waals surface area contributed by atoms with E-state index in [0.29, 0.717) is 16.9 Å². The van der Waals surface area contributed by atoms with Crippen molar-refractivity contribution in [2.75, 3.05) is 0 Å². The lowest BCUT2D eigenvalue weighted by molar-refractivity contribution is -0.137. The third kappa shape index (κ3) is 2.83. The summed E-state index contributed by atoms with van der Waals surface area (Å²) in [5.41, 5.74) is 0. The molecule has 0 spiro atoms. The van der Waals surface area contributed by atoms with Gasteiger partial charge in [-0.1, -0.05) is 19.9 Å². The molecule has 2 atom stereocenters. The second kappa shape index (κ2) is 5.24. The van der Waals surface area contributed by atoms with E-state index in [9.17, 15) is 4.79 Å². The molecule has 1 aliphatic heterocycles. The van der Waals surface area contributed by atoms with Gasteiger partial charge in [0, 0.05) is 21.8 Å². The molecule has 0 aromatic carbocycles. The van der Waals surface area contributed by atoms with Crippen molar-refractivity contribution in [2.45, 2.75) is 41.3 Å². The molecule has 94 valence electrons. The number of thioether (sulfide) groups is 2. The molecule has 2 nitrogen and oxygen atoms in total. The van der Waals surface area contributed by atoms with Crippen LogP contribution in [-0.2, 0) is 8.87 Å². The van der Waals surface area contributed by atoms with E-state index in [1.807, 2.05) is 23.5 Å². The average Bonchev–Trinajstić information content (AvgIpc) is 2.86. The number of carbonyl (C=O) groups is 1. The second-order valence-electron chi connectivity index (χ2n) is 4.27. The standard InChI is InChI=1S/C12H16O2S3/c1-8-9(2)17-12(16-8,6-5-11(13)14)10-4-3-7-15-10/h3-4,7-9H,5-6H2,1-2H3,(H,13,14). The van der Waals surface area contributed by atoms with Crippen LogP contribution in [0, 0.1) is 0 Å². The first-order valence-electron chi connectivity index (χ1n) is 5.65. The maximum absolute atomic E-state index is 10.8. The molecule has 0 bridgehead atoms. The van der Waals surface area contributed by atoms with Crippen LogP contribution < -0.4 is 0 Å². The summed E-state index contributed by atoms with van der Waals surface area (Å²) in [6.07, 6.45) is 0.962. The summed E-state index contributed by atoms with van der Waals surface area (Å²) in [5, 5.41) is 12.1. The van der Waals surface area contributed by atoms with Crippen LogP contribution in [0.4, 0.5) is 0 Å². The summed E-state index contributed by atoms with van der Waals surface area (Å²) in [5.74, 6) is -0.700. The van der Waals surface area contributed by atoms with Gasteiger partial charge in [-0.2, -0.15) is 0 Å². The first-order valence-corrected chi connectivity index (χ1v) is 8.29. The van der Waals surface area contributed by atoms with E-state index in [1.165, 1.54) is 4.88 Å². The Balaban J connectivity index is 2.21. The Hall–Kier alpha value is -0.130. The zero-order chi connectivity index (χ0) is 12.5. The molecular weight excluding hydrogens is 272 g/mol. The maximum Gasteiger partial charge on any atom is 0.303 e. The monoisotopic (exact) mass is 288 g/mol. The van der Waals surface area contributed by atoms with Crippen LogP contribution in [0.1, 0.15) is 31.6 Å².